The number of aromatic hydroxyl groups is 1. The van der Waals surface area contributed by atoms with Crippen LogP contribution in [0.3, 0.4) is 0 Å². The fourth-order valence-electron chi connectivity index (χ4n) is 2.65. The normalized spacial score (nSPS) is 14.3. The molecule has 0 aliphatic carbocycles. The molecule has 3 nitrogen and oxygen atoms in total. The Morgan fingerprint density at radius 1 is 1.25 bits per heavy atom. The molecular weight excluding hydrogens is 248 g/mol. The van der Waals surface area contributed by atoms with Crippen LogP contribution < -0.4 is 10.2 Å². The molecule has 2 N–H and O–H groups in total. The Kier molecular flexibility index (Phi) is 6.34. The Hall–Kier alpha value is -1.22. The van der Waals surface area contributed by atoms with Gasteiger partial charge in [-0.25, -0.2) is 0 Å². The predicted molar refractivity (Wildman–Crippen MR) is 87.5 cm³/mol. The Labute approximate surface area is 124 Å². The Bertz CT molecular complexity index is 388. The van der Waals surface area contributed by atoms with Crippen molar-refractivity contribution in [1.29, 1.82) is 0 Å². The topological polar surface area (TPSA) is 35.5 Å². The third kappa shape index (κ3) is 5.41. The minimum Gasteiger partial charge on any atom is -0.508 e. The molecule has 0 spiro atoms. The van der Waals surface area contributed by atoms with Gasteiger partial charge in [0.25, 0.3) is 0 Å². The van der Waals surface area contributed by atoms with Crippen LogP contribution in [0.1, 0.15) is 40.5 Å². The van der Waals surface area contributed by atoms with Crippen LogP contribution in [0.25, 0.3) is 0 Å². The van der Waals surface area contributed by atoms with Crippen LogP contribution in [0.2, 0.25) is 0 Å². The lowest BCUT2D eigenvalue weighted by molar-refractivity contribution is 0.275. The first-order chi connectivity index (χ1) is 9.36. The number of nitrogens with one attached hydrogen (secondary N) is 1. The molecule has 3 heteroatoms. The molecule has 0 amide bonds. The van der Waals surface area contributed by atoms with E-state index in [1.54, 1.807) is 12.1 Å². The van der Waals surface area contributed by atoms with Crippen molar-refractivity contribution in [1.82, 2.24) is 5.32 Å². The molecule has 1 aromatic rings. The minimum atomic E-state index is 0.256. The summed E-state index contributed by atoms with van der Waals surface area (Å²) in [4.78, 5) is 2.27. The van der Waals surface area contributed by atoms with Gasteiger partial charge in [0.05, 0.1) is 0 Å². The second-order valence-electron chi connectivity index (χ2n) is 6.47. The molecule has 0 heterocycles. The van der Waals surface area contributed by atoms with E-state index in [4.69, 9.17) is 0 Å². The fourth-order valence-corrected chi connectivity index (χ4v) is 2.65. The predicted octanol–water partition coefficient (Wildman–Crippen LogP) is 3.63. The van der Waals surface area contributed by atoms with Crippen molar-refractivity contribution >= 4 is 5.69 Å². The van der Waals surface area contributed by atoms with Crippen molar-refractivity contribution < 1.29 is 5.11 Å². The zero-order chi connectivity index (χ0) is 15.2. The van der Waals surface area contributed by atoms with E-state index in [9.17, 15) is 5.11 Å². The van der Waals surface area contributed by atoms with E-state index in [1.165, 1.54) is 12.8 Å². The van der Waals surface area contributed by atoms with Crippen LogP contribution in [0.4, 0.5) is 5.69 Å². The molecule has 0 saturated carbocycles. The molecule has 0 radical (unpaired) electrons. The zero-order valence-electron chi connectivity index (χ0n) is 13.6. The Balaban J connectivity index is 2.70. The Morgan fingerprint density at radius 2 is 1.85 bits per heavy atom. The molecule has 20 heavy (non-hydrogen) atoms. The van der Waals surface area contributed by atoms with Gasteiger partial charge in [0, 0.05) is 31.9 Å². The molecule has 0 aliphatic rings. The van der Waals surface area contributed by atoms with Crippen LogP contribution in [0.5, 0.6) is 5.75 Å². The number of rotatable bonds is 8. The molecule has 1 unspecified atom stereocenters. The lowest BCUT2D eigenvalue weighted by Crippen LogP contribution is -2.43. The third-order valence-corrected chi connectivity index (χ3v) is 3.70. The van der Waals surface area contributed by atoms with Crippen molar-refractivity contribution in [2.24, 2.45) is 5.41 Å². The smallest absolute Gasteiger partial charge is 0.115 e. The minimum absolute atomic E-state index is 0.256. The fraction of sp³-hybridized carbons (Fsp3) is 0.647. The van der Waals surface area contributed by atoms with Gasteiger partial charge >= 0.3 is 0 Å². The third-order valence-electron chi connectivity index (χ3n) is 3.70. The standard InChI is InChI=1S/C17H30N2O/c1-6-11-17(4,12-18-14(2)3)13-19(5)15-7-9-16(20)10-8-15/h7-10,14,18,20H,6,11-13H2,1-5H3. The number of benzene rings is 1. The molecule has 1 aromatic carbocycles. The summed E-state index contributed by atoms with van der Waals surface area (Å²) in [5.74, 6) is 0.319. The second-order valence-corrected chi connectivity index (χ2v) is 6.47. The molecule has 1 rings (SSSR count). The van der Waals surface area contributed by atoms with E-state index in [0.717, 1.165) is 18.8 Å². The first kappa shape index (κ1) is 16.8. The zero-order valence-corrected chi connectivity index (χ0v) is 13.6. The molecule has 0 aromatic heterocycles. The van der Waals surface area contributed by atoms with Gasteiger partial charge in [-0.05, 0) is 36.1 Å². The number of anilines is 1. The molecule has 1 atom stereocenters. The highest BCUT2D eigenvalue weighted by molar-refractivity contribution is 5.48. The van der Waals surface area contributed by atoms with Crippen LogP contribution in [-0.4, -0.2) is 31.3 Å². The van der Waals surface area contributed by atoms with Gasteiger partial charge in [0.1, 0.15) is 5.75 Å². The van der Waals surface area contributed by atoms with Crippen LogP contribution in [-0.2, 0) is 0 Å². The average molecular weight is 278 g/mol. The van der Waals surface area contributed by atoms with Gasteiger partial charge in [-0.3, -0.25) is 0 Å². The highest BCUT2D eigenvalue weighted by Crippen LogP contribution is 2.27. The van der Waals surface area contributed by atoms with E-state index < -0.39 is 0 Å². The van der Waals surface area contributed by atoms with E-state index in [0.29, 0.717) is 11.8 Å². The summed E-state index contributed by atoms with van der Waals surface area (Å²) >= 11 is 0. The highest BCUT2D eigenvalue weighted by Gasteiger charge is 2.25. The summed E-state index contributed by atoms with van der Waals surface area (Å²) in [6, 6.07) is 7.95. The quantitative estimate of drug-likeness (QED) is 0.762. The van der Waals surface area contributed by atoms with Gasteiger partial charge < -0.3 is 15.3 Å². The molecule has 0 aliphatic heterocycles. The van der Waals surface area contributed by atoms with Crippen molar-refractivity contribution in [3.8, 4) is 5.75 Å². The number of phenols is 1. The van der Waals surface area contributed by atoms with Crippen molar-refractivity contribution in [2.75, 3.05) is 25.0 Å². The summed E-state index contributed by atoms with van der Waals surface area (Å²) in [6.45, 7) is 11.0. The van der Waals surface area contributed by atoms with Crippen molar-refractivity contribution in [3.05, 3.63) is 24.3 Å². The lowest BCUT2D eigenvalue weighted by Gasteiger charge is -2.35. The lowest BCUT2D eigenvalue weighted by atomic mass is 9.84. The first-order valence-electron chi connectivity index (χ1n) is 7.60. The maximum Gasteiger partial charge on any atom is 0.115 e. The van der Waals surface area contributed by atoms with E-state index >= 15 is 0 Å². The monoisotopic (exact) mass is 278 g/mol. The first-order valence-corrected chi connectivity index (χ1v) is 7.60. The molecule has 0 saturated heterocycles. The molecular formula is C17H30N2O. The second kappa shape index (κ2) is 7.53. The van der Waals surface area contributed by atoms with Gasteiger partial charge in [-0.15, -0.1) is 0 Å². The van der Waals surface area contributed by atoms with Gasteiger partial charge in [-0.2, -0.15) is 0 Å². The molecule has 0 fully saturated rings. The molecule has 0 bridgehead atoms. The van der Waals surface area contributed by atoms with E-state index in [2.05, 4.69) is 45.0 Å². The van der Waals surface area contributed by atoms with Crippen LogP contribution in [0, 0.1) is 5.41 Å². The van der Waals surface area contributed by atoms with Gasteiger partial charge in [-0.1, -0.05) is 34.1 Å². The van der Waals surface area contributed by atoms with Crippen molar-refractivity contribution in [2.45, 2.75) is 46.6 Å². The summed E-state index contributed by atoms with van der Waals surface area (Å²) in [5.41, 5.74) is 1.40. The van der Waals surface area contributed by atoms with Crippen LogP contribution in [0.15, 0.2) is 24.3 Å². The average Bonchev–Trinajstić information content (AvgIpc) is 2.37. The van der Waals surface area contributed by atoms with Crippen LogP contribution >= 0.6 is 0 Å². The number of nitrogens with zero attached hydrogens (tertiary/aromatic N) is 1. The Morgan fingerprint density at radius 3 is 2.35 bits per heavy atom. The van der Waals surface area contributed by atoms with Crippen molar-refractivity contribution in [3.63, 3.8) is 0 Å². The summed E-state index contributed by atoms with van der Waals surface area (Å²) < 4.78 is 0. The maximum absolute atomic E-state index is 9.37. The maximum atomic E-state index is 9.37. The SMILES string of the molecule is CCCC(C)(CNC(C)C)CN(C)c1ccc(O)cc1. The molecule has 114 valence electrons. The largest absolute Gasteiger partial charge is 0.508 e. The summed E-state index contributed by atoms with van der Waals surface area (Å²) in [5, 5.41) is 12.9. The number of phenolic OH excluding ortho intramolecular Hbond substituents is 1. The van der Waals surface area contributed by atoms with E-state index in [-0.39, 0.29) is 5.41 Å². The number of hydrogen-bond donors (Lipinski definition) is 2. The van der Waals surface area contributed by atoms with E-state index in [1.807, 2.05) is 12.1 Å². The highest BCUT2D eigenvalue weighted by atomic mass is 16.3. The van der Waals surface area contributed by atoms with Gasteiger partial charge in [0.2, 0.25) is 0 Å². The summed E-state index contributed by atoms with van der Waals surface area (Å²) in [6.07, 6.45) is 2.40. The van der Waals surface area contributed by atoms with Gasteiger partial charge in [0.15, 0.2) is 0 Å². The number of hydrogen-bond acceptors (Lipinski definition) is 3. The summed E-state index contributed by atoms with van der Waals surface area (Å²) in [7, 11) is 2.12.